The summed E-state index contributed by atoms with van der Waals surface area (Å²) in [4.78, 5) is 20.2. The van der Waals surface area contributed by atoms with Crippen LogP contribution in [0.2, 0.25) is 0 Å². The van der Waals surface area contributed by atoms with Crippen LogP contribution >= 0.6 is 0 Å². The lowest BCUT2D eigenvalue weighted by atomic mass is 10.2. The molecule has 2 heterocycles. The largest absolute Gasteiger partial charge is 0.369 e. The van der Waals surface area contributed by atoms with Crippen LogP contribution in [-0.4, -0.2) is 38.7 Å². The third kappa shape index (κ3) is 3.93. The Kier molecular flexibility index (Phi) is 5.23. The molecule has 2 aromatic heterocycles. The van der Waals surface area contributed by atoms with Gasteiger partial charge in [0.15, 0.2) is 5.65 Å². The van der Waals surface area contributed by atoms with Crippen LogP contribution in [0.3, 0.4) is 0 Å². The molecule has 0 saturated heterocycles. The number of anilines is 1. The van der Waals surface area contributed by atoms with Gasteiger partial charge in [-0.1, -0.05) is 32.0 Å². The molecule has 0 fully saturated rings. The third-order valence-corrected chi connectivity index (χ3v) is 3.84. The average molecular weight is 338 g/mol. The van der Waals surface area contributed by atoms with Crippen LogP contribution < -0.4 is 10.6 Å². The Morgan fingerprint density at radius 1 is 1.16 bits per heavy atom. The van der Waals surface area contributed by atoms with Crippen molar-refractivity contribution in [2.45, 2.75) is 20.3 Å². The van der Waals surface area contributed by atoms with Crippen molar-refractivity contribution < 1.29 is 4.79 Å². The SMILES string of the molecule is CC(C)C(=O)NCCCNc1ncnc2c1cnn2-c1ccccc1. The standard InChI is InChI=1S/C18H22N6O/c1-13(2)18(25)20-10-6-9-19-16-15-11-23-24(17(15)22-12-21-16)14-7-4-3-5-8-14/h3-5,7-8,11-13H,6,9-10H2,1-2H3,(H,20,25)(H,19,21,22). The normalized spacial score (nSPS) is 11.0. The maximum absolute atomic E-state index is 11.5. The molecule has 2 N–H and O–H groups in total. The highest BCUT2D eigenvalue weighted by Gasteiger charge is 2.10. The molecule has 0 unspecified atom stereocenters. The number of fused-ring (bicyclic) bond motifs is 1. The lowest BCUT2D eigenvalue weighted by molar-refractivity contribution is -0.123. The van der Waals surface area contributed by atoms with Crippen molar-refractivity contribution in [3.63, 3.8) is 0 Å². The Balaban J connectivity index is 1.65. The number of para-hydroxylation sites is 1. The van der Waals surface area contributed by atoms with E-state index in [1.165, 1.54) is 6.33 Å². The number of aromatic nitrogens is 4. The van der Waals surface area contributed by atoms with E-state index in [2.05, 4.69) is 25.7 Å². The molecule has 3 aromatic rings. The molecule has 0 aliphatic carbocycles. The monoisotopic (exact) mass is 338 g/mol. The van der Waals surface area contributed by atoms with Crippen molar-refractivity contribution >= 4 is 22.8 Å². The topological polar surface area (TPSA) is 84.7 Å². The summed E-state index contributed by atoms with van der Waals surface area (Å²) in [6, 6.07) is 9.87. The van der Waals surface area contributed by atoms with Crippen LogP contribution in [0.4, 0.5) is 5.82 Å². The second-order valence-electron chi connectivity index (χ2n) is 6.08. The summed E-state index contributed by atoms with van der Waals surface area (Å²) in [5, 5.41) is 11.5. The van der Waals surface area contributed by atoms with E-state index in [9.17, 15) is 4.79 Å². The zero-order valence-electron chi connectivity index (χ0n) is 14.4. The number of benzene rings is 1. The van der Waals surface area contributed by atoms with Gasteiger partial charge in [0.05, 0.1) is 17.3 Å². The zero-order chi connectivity index (χ0) is 17.6. The van der Waals surface area contributed by atoms with Crippen molar-refractivity contribution in [2.24, 2.45) is 5.92 Å². The van der Waals surface area contributed by atoms with Crippen molar-refractivity contribution in [3.05, 3.63) is 42.9 Å². The molecule has 0 radical (unpaired) electrons. The molecule has 0 spiro atoms. The highest BCUT2D eigenvalue weighted by atomic mass is 16.1. The number of carbonyl (C=O) groups is 1. The minimum Gasteiger partial charge on any atom is -0.369 e. The maximum atomic E-state index is 11.5. The van der Waals surface area contributed by atoms with Gasteiger partial charge in [-0.3, -0.25) is 4.79 Å². The Bertz CT molecular complexity index is 843. The molecular weight excluding hydrogens is 316 g/mol. The van der Waals surface area contributed by atoms with Crippen LogP contribution in [-0.2, 0) is 4.79 Å². The van der Waals surface area contributed by atoms with E-state index >= 15 is 0 Å². The zero-order valence-corrected chi connectivity index (χ0v) is 14.4. The summed E-state index contributed by atoms with van der Waals surface area (Å²) in [5.41, 5.74) is 1.72. The second kappa shape index (κ2) is 7.74. The van der Waals surface area contributed by atoms with Crippen LogP contribution in [0, 0.1) is 5.92 Å². The highest BCUT2D eigenvalue weighted by molar-refractivity contribution is 5.87. The predicted molar refractivity (Wildman–Crippen MR) is 97.6 cm³/mol. The Morgan fingerprint density at radius 2 is 1.96 bits per heavy atom. The van der Waals surface area contributed by atoms with E-state index in [1.54, 1.807) is 10.9 Å². The quantitative estimate of drug-likeness (QED) is 0.646. The van der Waals surface area contributed by atoms with Crippen molar-refractivity contribution in [1.29, 1.82) is 0 Å². The lowest BCUT2D eigenvalue weighted by Crippen LogP contribution is -2.29. The molecular formula is C18H22N6O. The van der Waals surface area contributed by atoms with E-state index in [4.69, 9.17) is 0 Å². The molecule has 0 bridgehead atoms. The summed E-state index contributed by atoms with van der Waals surface area (Å²) < 4.78 is 1.80. The van der Waals surface area contributed by atoms with E-state index in [1.807, 2.05) is 44.2 Å². The van der Waals surface area contributed by atoms with Crippen molar-refractivity contribution in [2.75, 3.05) is 18.4 Å². The first kappa shape index (κ1) is 16.9. The number of hydrogen-bond donors (Lipinski definition) is 2. The van der Waals surface area contributed by atoms with Gasteiger partial charge in [-0.15, -0.1) is 0 Å². The molecule has 1 aromatic carbocycles. The van der Waals surface area contributed by atoms with Crippen LogP contribution in [0.15, 0.2) is 42.9 Å². The minimum absolute atomic E-state index is 0.0123. The van der Waals surface area contributed by atoms with Gasteiger partial charge in [-0.05, 0) is 18.6 Å². The fourth-order valence-electron chi connectivity index (χ4n) is 2.45. The van der Waals surface area contributed by atoms with Gasteiger partial charge in [-0.25, -0.2) is 14.6 Å². The molecule has 0 saturated carbocycles. The number of nitrogens with zero attached hydrogens (tertiary/aromatic N) is 4. The van der Waals surface area contributed by atoms with Crippen molar-refractivity contribution in [3.8, 4) is 5.69 Å². The molecule has 0 aliphatic heterocycles. The molecule has 130 valence electrons. The summed E-state index contributed by atoms with van der Waals surface area (Å²) in [6.07, 6.45) is 4.12. The molecule has 3 rings (SSSR count). The summed E-state index contributed by atoms with van der Waals surface area (Å²) in [5.74, 6) is 0.842. The van der Waals surface area contributed by atoms with Crippen LogP contribution in [0.25, 0.3) is 16.7 Å². The summed E-state index contributed by atoms with van der Waals surface area (Å²) in [7, 11) is 0. The van der Waals surface area contributed by atoms with Gasteiger partial charge in [0.25, 0.3) is 0 Å². The molecule has 7 nitrogen and oxygen atoms in total. The van der Waals surface area contributed by atoms with Gasteiger partial charge in [0.2, 0.25) is 5.91 Å². The van der Waals surface area contributed by atoms with E-state index in [-0.39, 0.29) is 11.8 Å². The maximum Gasteiger partial charge on any atom is 0.222 e. The van der Waals surface area contributed by atoms with Gasteiger partial charge in [0, 0.05) is 19.0 Å². The van der Waals surface area contributed by atoms with Crippen LogP contribution in [0.5, 0.6) is 0 Å². The molecule has 7 heteroatoms. The molecule has 0 aliphatic rings. The number of carbonyl (C=O) groups excluding carboxylic acids is 1. The van der Waals surface area contributed by atoms with E-state index in [0.717, 1.165) is 29.0 Å². The van der Waals surface area contributed by atoms with Crippen molar-refractivity contribution in [1.82, 2.24) is 25.1 Å². The van der Waals surface area contributed by atoms with Gasteiger partial charge in [-0.2, -0.15) is 5.10 Å². The van der Waals surface area contributed by atoms with Gasteiger partial charge in [0.1, 0.15) is 12.1 Å². The highest BCUT2D eigenvalue weighted by Crippen LogP contribution is 2.21. The van der Waals surface area contributed by atoms with Gasteiger partial charge < -0.3 is 10.6 Å². The second-order valence-corrected chi connectivity index (χ2v) is 6.08. The van der Waals surface area contributed by atoms with Crippen LogP contribution in [0.1, 0.15) is 20.3 Å². The molecule has 25 heavy (non-hydrogen) atoms. The Hall–Kier alpha value is -2.96. The first-order valence-electron chi connectivity index (χ1n) is 8.42. The van der Waals surface area contributed by atoms with Gasteiger partial charge >= 0.3 is 0 Å². The Morgan fingerprint density at radius 3 is 2.72 bits per heavy atom. The third-order valence-electron chi connectivity index (χ3n) is 3.84. The minimum atomic E-state index is 0.0123. The summed E-state index contributed by atoms with van der Waals surface area (Å²) >= 11 is 0. The lowest BCUT2D eigenvalue weighted by Gasteiger charge is -2.09. The van der Waals surface area contributed by atoms with E-state index in [0.29, 0.717) is 13.1 Å². The number of hydrogen-bond acceptors (Lipinski definition) is 5. The number of nitrogens with one attached hydrogen (secondary N) is 2. The van der Waals surface area contributed by atoms with E-state index < -0.39 is 0 Å². The predicted octanol–water partition coefficient (Wildman–Crippen LogP) is 2.39. The number of amides is 1. The first-order chi connectivity index (χ1) is 12.2. The smallest absolute Gasteiger partial charge is 0.222 e. The summed E-state index contributed by atoms with van der Waals surface area (Å²) in [6.45, 7) is 5.12. The fourth-order valence-corrected chi connectivity index (χ4v) is 2.45. The molecule has 0 atom stereocenters. The number of rotatable bonds is 7. The Labute approximate surface area is 146 Å². The first-order valence-corrected chi connectivity index (χ1v) is 8.42. The average Bonchev–Trinajstić information content (AvgIpc) is 3.06. The molecule has 1 amide bonds. The fraction of sp³-hybridized carbons (Fsp3) is 0.333.